The third-order valence-electron chi connectivity index (χ3n) is 6.23. The lowest BCUT2D eigenvalue weighted by Gasteiger charge is -2.41. The first-order valence-electron chi connectivity index (χ1n) is 14.1. The van der Waals surface area contributed by atoms with Gasteiger partial charge < -0.3 is 26.6 Å². The van der Waals surface area contributed by atoms with Crippen LogP contribution < -0.4 is 0 Å². The first kappa shape index (κ1) is 43.4. The minimum atomic E-state index is -7.63. The largest absolute Gasteiger partial charge is 0.500 e. The van der Waals surface area contributed by atoms with E-state index < -0.39 is 90.9 Å². The van der Waals surface area contributed by atoms with Crippen molar-refractivity contribution in [3.8, 4) is 0 Å². The molecule has 0 aromatic carbocycles. The standard InChI is InChI=1S/C24H42F12O6Si2/c1-7-37-43(38-8-2,39-9-3)17-13-15-19(25,26)21(29,30)23(33,34)24(35,36)22(31,32)20(27,28)16-14-18-44(40-10-4,41-11-5)42-12-6/h7-18H2,1-6H3. The highest BCUT2D eigenvalue weighted by Gasteiger charge is 2.89. The molecule has 6 nitrogen and oxygen atoms in total. The Morgan fingerprint density at radius 3 is 0.750 bits per heavy atom. The fraction of sp³-hybridized carbons (Fsp3) is 1.00. The molecule has 0 heterocycles. The van der Waals surface area contributed by atoms with Crippen LogP contribution in [0.3, 0.4) is 0 Å². The number of halogens is 12. The molecule has 0 saturated heterocycles. The first-order valence-corrected chi connectivity index (χ1v) is 18.0. The van der Waals surface area contributed by atoms with E-state index in [9.17, 15) is 52.7 Å². The second kappa shape index (κ2) is 17.0. The molecule has 0 radical (unpaired) electrons. The highest BCUT2D eigenvalue weighted by atomic mass is 28.4. The first-order chi connectivity index (χ1) is 20.0. The van der Waals surface area contributed by atoms with Gasteiger partial charge in [0, 0.05) is 64.6 Å². The molecule has 0 saturated carbocycles. The van der Waals surface area contributed by atoms with Gasteiger partial charge in [-0.3, -0.25) is 0 Å². The van der Waals surface area contributed by atoms with Crippen molar-refractivity contribution in [1.82, 2.24) is 0 Å². The van der Waals surface area contributed by atoms with Crippen LogP contribution in [-0.2, 0) is 26.6 Å². The van der Waals surface area contributed by atoms with E-state index in [1.807, 2.05) is 0 Å². The third kappa shape index (κ3) is 9.46. The van der Waals surface area contributed by atoms with Crippen LogP contribution in [0.25, 0.3) is 0 Å². The van der Waals surface area contributed by atoms with Crippen LogP contribution >= 0.6 is 0 Å². The maximum absolute atomic E-state index is 14.5. The topological polar surface area (TPSA) is 55.4 Å². The molecule has 0 amide bonds. The minimum absolute atomic E-state index is 0.0849. The summed E-state index contributed by atoms with van der Waals surface area (Å²) in [5, 5.41) is 0. The summed E-state index contributed by atoms with van der Waals surface area (Å²) >= 11 is 0. The highest BCUT2D eigenvalue weighted by molar-refractivity contribution is 6.61. The fourth-order valence-corrected chi connectivity index (χ4v) is 9.45. The van der Waals surface area contributed by atoms with Gasteiger partial charge in [-0.15, -0.1) is 0 Å². The number of hydrogen-bond acceptors (Lipinski definition) is 6. The quantitative estimate of drug-likeness (QED) is 0.0701. The summed E-state index contributed by atoms with van der Waals surface area (Å²) in [6.45, 7) is 8.22. The van der Waals surface area contributed by atoms with Crippen molar-refractivity contribution in [2.45, 2.75) is 115 Å². The van der Waals surface area contributed by atoms with Crippen LogP contribution in [0.4, 0.5) is 52.7 Å². The van der Waals surface area contributed by atoms with Crippen molar-refractivity contribution in [1.29, 1.82) is 0 Å². The normalized spacial score (nSPS) is 14.9. The second-order valence-electron chi connectivity index (χ2n) is 9.38. The Bertz CT molecular complexity index is 739. The maximum atomic E-state index is 14.5. The summed E-state index contributed by atoms with van der Waals surface area (Å²) in [4.78, 5) is 0. The molecule has 0 aliphatic carbocycles. The van der Waals surface area contributed by atoms with Gasteiger partial charge in [-0.05, 0) is 54.4 Å². The van der Waals surface area contributed by atoms with Crippen molar-refractivity contribution < 1.29 is 79.2 Å². The Morgan fingerprint density at radius 1 is 0.364 bits per heavy atom. The van der Waals surface area contributed by atoms with Gasteiger partial charge in [0.15, 0.2) is 0 Å². The van der Waals surface area contributed by atoms with Crippen LogP contribution in [0.15, 0.2) is 0 Å². The van der Waals surface area contributed by atoms with E-state index in [1.54, 1.807) is 0 Å². The molecule has 0 aromatic heterocycles. The van der Waals surface area contributed by atoms with Crippen molar-refractivity contribution in [3.63, 3.8) is 0 Å². The Labute approximate surface area is 251 Å². The maximum Gasteiger partial charge on any atom is 0.500 e. The predicted molar refractivity (Wildman–Crippen MR) is 139 cm³/mol. The molecule has 0 fully saturated rings. The molecule has 0 N–H and O–H groups in total. The molecule has 266 valence electrons. The van der Waals surface area contributed by atoms with Gasteiger partial charge >= 0.3 is 53.1 Å². The van der Waals surface area contributed by atoms with Crippen molar-refractivity contribution in [3.05, 3.63) is 0 Å². The van der Waals surface area contributed by atoms with Gasteiger partial charge in [-0.1, -0.05) is 0 Å². The third-order valence-corrected chi connectivity index (χ3v) is 12.5. The van der Waals surface area contributed by atoms with E-state index in [4.69, 9.17) is 26.6 Å². The van der Waals surface area contributed by atoms with Gasteiger partial charge in [0.25, 0.3) is 0 Å². The average Bonchev–Trinajstić information content (AvgIpc) is 2.89. The smallest absolute Gasteiger partial charge is 0.374 e. The van der Waals surface area contributed by atoms with E-state index in [2.05, 4.69) is 0 Å². The summed E-state index contributed by atoms with van der Waals surface area (Å²) < 4.78 is 205. The lowest BCUT2D eigenvalue weighted by atomic mass is 9.89. The van der Waals surface area contributed by atoms with E-state index in [-0.39, 0.29) is 39.6 Å². The highest BCUT2D eigenvalue weighted by Crippen LogP contribution is 2.61. The van der Waals surface area contributed by atoms with Gasteiger partial charge in [-0.25, -0.2) is 0 Å². The lowest BCUT2D eigenvalue weighted by Crippen LogP contribution is -2.70. The van der Waals surface area contributed by atoms with Crippen molar-refractivity contribution >= 4 is 17.6 Å². The molecular formula is C24H42F12O6Si2. The monoisotopic (exact) mass is 710 g/mol. The number of rotatable bonds is 25. The van der Waals surface area contributed by atoms with Gasteiger partial charge in [0.2, 0.25) is 0 Å². The number of alkyl halides is 12. The van der Waals surface area contributed by atoms with E-state index >= 15 is 0 Å². The zero-order valence-corrected chi connectivity index (χ0v) is 27.5. The Hall–Kier alpha value is -0.646. The summed E-state index contributed by atoms with van der Waals surface area (Å²) in [6, 6.07) is -1.30. The number of hydrogen-bond donors (Lipinski definition) is 0. The van der Waals surface area contributed by atoms with Crippen LogP contribution in [0.5, 0.6) is 0 Å². The van der Waals surface area contributed by atoms with Crippen LogP contribution in [0.1, 0.15) is 67.2 Å². The van der Waals surface area contributed by atoms with E-state index in [1.165, 1.54) is 41.5 Å². The molecule has 0 rings (SSSR count). The fourth-order valence-electron chi connectivity index (χ4n) is 4.22. The zero-order valence-electron chi connectivity index (χ0n) is 25.5. The van der Waals surface area contributed by atoms with Gasteiger partial charge in [-0.2, -0.15) is 52.7 Å². The SMILES string of the molecule is CCO[Si](CCCC(F)(F)C(F)(F)C(F)(F)C(F)(F)C(F)(F)C(F)(F)CCC[Si](OCC)(OCC)OCC)(OCC)OCC. The molecule has 0 spiro atoms. The van der Waals surface area contributed by atoms with Crippen molar-refractivity contribution in [2.24, 2.45) is 0 Å². The Balaban J connectivity index is 6.07. The zero-order chi connectivity index (χ0) is 34.7. The molecule has 0 unspecified atom stereocenters. The minimum Gasteiger partial charge on any atom is -0.374 e. The summed E-state index contributed by atoms with van der Waals surface area (Å²) in [6.07, 6.45) is -6.72. The van der Waals surface area contributed by atoms with Crippen LogP contribution in [0, 0.1) is 0 Å². The lowest BCUT2D eigenvalue weighted by molar-refractivity contribution is -0.425. The molecule has 0 bridgehead atoms. The average molecular weight is 711 g/mol. The summed E-state index contributed by atoms with van der Waals surface area (Å²) in [7, 11) is -7.58. The Morgan fingerprint density at radius 2 is 0.568 bits per heavy atom. The van der Waals surface area contributed by atoms with Crippen LogP contribution in [-0.4, -0.2) is 92.8 Å². The molecule has 44 heavy (non-hydrogen) atoms. The molecule has 20 heteroatoms. The van der Waals surface area contributed by atoms with E-state index in [0.29, 0.717) is 0 Å². The predicted octanol–water partition coefficient (Wildman–Crippen LogP) is 8.46. The molecule has 0 atom stereocenters. The van der Waals surface area contributed by atoms with Crippen LogP contribution in [0.2, 0.25) is 12.1 Å². The Kier molecular flexibility index (Phi) is 16.7. The molecule has 0 aliphatic rings. The van der Waals surface area contributed by atoms with Crippen molar-refractivity contribution in [2.75, 3.05) is 39.6 Å². The summed E-state index contributed by atoms with van der Waals surface area (Å²) in [5.74, 6) is -41.8. The van der Waals surface area contributed by atoms with Gasteiger partial charge in [0.1, 0.15) is 0 Å². The second-order valence-corrected chi connectivity index (χ2v) is 14.8. The molecule has 0 aliphatic heterocycles. The summed E-state index contributed by atoms with van der Waals surface area (Å²) in [5.41, 5.74) is 0. The molecular weight excluding hydrogens is 668 g/mol. The van der Waals surface area contributed by atoms with Gasteiger partial charge in [0.05, 0.1) is 0 Å². The molecule has 0 aromatic rings. The van der Waals surface area contributed by atoms with E-state index in [0.717, 1.165) is 0 Å².